The minimum absolute atomic E-state index is 0.456. The normalized spacial score (nSPS) is 17.0. The van der Waals surface area contributed by atoms with E-state index in [1.165, 1.54) is 0 Å². The predicted octanol–water partition coefficient (Wildman–Crippen LogP) is 2.92. The van der Waals surface area contributed by atoms with E-state index >= 15 is 0 Å². The van der Waals surface area contributed by atoms with Gasteiger partial charge in [-0.3, -0.25) is 5.01 Å². The second-order valence-corrected chi connectivity index (χ2v) is 5.27. The fraction of sp³-hybridized carbons (Fsp3) is 0.533. The van der Waals surface area contributed by atoms with Crippen LogP contribution >= 0.6 is 0 Å². The molecule has 0 saturated carbocycles. The van der Waals surface area contributed by atoms with E-state index in [0.717, 1.165) is 56.6 Å². The number of hydrazone groups is 1. The van der Waals surface area contributed by atoms with Crippen molar-refractivity contribution in [2.45, 2.75) is 31.5 Å². The van der Waals surface area contributed by atoms with Gasteiger partial charge in [0.25, 0.3) is 0 Å². The molecular formula is C15H20F3N3. The van der Waals surface area contributed by atoms with Crippen molar-refractivity contribution in [2.24, 2.45) is 5.10 Å². The molecule has 1 aliphatic rings. The van der Waals surface area contributed by atoms with Crippen LogP contribution in [0.1, 0.15) is 24.0 Å². The van der Waals surface area contributed by atoms with Crippen LogP contribution in [0.2, 0.25) is 0 Å². The van der Waals surface area contributed by atoms with Crippen LogP contribution < -0.4 is 5.32 Å². The third-order valence-corrected chi connectivity index (χ3v) is 3.80. The zero-order valence-electron chi connectivity index (χ0n) is 11.9. The van der Waals surface area contributed by atoms with Crippen LogP contribution in [-0.2, 0) is 12.6 Å². The Balaban J connectivity index is 1.73. The Morgan fingerprint density at radius 1 is 1.19 bits per heavy atom. The highest BCUT2D eigenvalue weighted by molar-refractivity contribution is 5.24. The third kappa shape index (κ3) is 4.74. The Morgan fingerprint density at radius 3 is 2.33 bits per heavy atom. The van der Waals surface area contributed by atoms with Gasteiger partial charge in [0.2, 0.25) is 0 Å². The molecule has 1 heterocycles. The molecule has 0 radical (unpaired) electrons. The Morgan fingerprint density at radius 2 is 1.81 bits per heavy atom. The fourth-order valence-corrected chi connectivity index (χ4v) is 2.49. The summed E-state index contributed by atoms with van der Waals surface area (Å²) >= 11 is 0. The highest BCUT2D eigenvalue weighted by atomic mass is 19.4. The largest absolute Gasteiger partial charge is 0.416 e. The van der Waals surface area contributed by atoms with Gasteiger partial charge in [-0.25, -0.2) is 0 Å². The van der Waals surface area contributed by atoms with Crippen LogP contribution in [0.15, 0.2) is 29.4 Å². The van der Waals surface area contributed by atoms with Crippen molar-refractivity contribution in [2.75, 3.05) is 19.6 Å². The summed E-state index contributed by atoms with van der Waals surface area (Å²) in [7, 11) is 0. The van der Waals surface area contributed by atoms with Gasteiger partial charge in [-0.1, -0.05) is 12.1 Å². The van der Waals surface area contributed by atoms with Gasteiger partial charge in [-0.05, 0) is 43.5 Å². The molecule has 0 aliphatic carbocycles. The van der Waals surface area contributed by atoms with Crippen LogP contribution in [0.3, 0.4) is 0 Å². The lowest BCUT2D eigenvalue weighted by Crippen LogP contribution is -2.41. The maximum absolute atomic E-state index is 12.4. The van der Waals surface area contributed by atoms with Gasteiger partial charge in [0.05, 0.1) is 5.56 Å². The topological polar surface area (TPSA) is 27.6 Å². The number of nitrogens with zero attached hydrogens (tertiary/aromatic N) is 2. The maximum atomic E-state index is 12.4. The minimum Gasteiger partial charge on any atom is -0.314 e. The molecule has 116 valence electrons. The SMILES string of the molecule is C=NN1CCC(NCCc2ccc(C(F)(F)F)cc2)CC1. The van der Waals surface area contributed by atoms with Crippen LogP contribution in [-0.4, -0.2) is 37.4 Å². The Labute approximate surface area is 122 Å². The molecule has 1 fully saturated rings. The highest BCUT2D eigenvalue weighted by Crippen LogP contribution is 2.29. The van der Waals surface area contributed by atoms with E-state index in [1.807, 2.05) is 5.01 Å². The molecule has 0 unspecified atom stereocenters. The highest BCUT2D eigenvalue weighted by Gasteiger charge is 2.29. The summed E-state index contributed by atoms with van der Waals surface area (Å²) in [6.45, 7) is 6.09. The smallest absolute Gasteiger partial charge is 0.314 e. The van der Waals surface area contributed by atoms with E-state index in [9.17, 15) is 13.2 Å². The van der Waals surface area contributed by atoms with Gasteiger partial charge >= 0.3 is 6.18 Å². The number of piperidine rings is 1. The number of rotatable bonds is 5. The zero-order chi connectivity index (χ0) is 15.3. The van der Waals surface area contributed by atoms with Gasteiger partial charge in [0.1, 0.15) is 0 Å². The molecule has 1 N–H and O–H groups in total. The minimum atomic E-state index is -4.26. The average molecular weight is 299 g/mol. The van der Waals surface area contributed by atoms with E-state index < -0.39 is 11.7 Å². The number of alkyl halides is 3. The van der Waals surface area contributed by atoms with E-state index in [-0.39, 0.29) is 0 Å². The van der Waals surface area contributed by atoms with Gasteiger partial charge in [-0.2, -0.15) is 18.3 Å². The molecule has 0 atom stereocenters. The number of nitrogens with one attached hydrogen (secondary N) is 1. The first kappa shape index (κ1) is 15.8. The molecule has 21 heavy (non-hydrogen) atoms. The van der Waals surface area contributed by atoms with Crippen LogP contribution in [0.5, 0.6) is 0 Å². The second-order valence-electron chi connectivity index (χ2n) is 5.27. The third-order valence-electron chi connectivity index (χ3n) is 3.80. The van der Waals surface area contributed by atoms with Crippen LogP contribution in [0, 0.1) is 0 Å². The summed E-state index contributed by atoms with van der Waals surface area (Å²) in [6.07, 6.45) is -1.49. The van der Waals surface area contributed by atoms with Gasteiger partial charge in [0.15, 0.2) is 0 Å². The molecule has 1 aromatic carbocycles. The molecule has 1 aromatic rings. The van der Waals surface area contributed by atoms with Crippen molar-refractivity contribution in [1.29, 1.82) is 0 Å². The lowest BCUT2D eigenvalue weighted by Gasteiger charge is -2.30. The van der Waals surface area contributed by atoms with Crippen molar-refractivity contribution in [3.05, 3.63) is 35.4 Å². The molecule has 1 aliphatic heterocycles. The zero-order valence-corrected chi connectivity index (χ0v) is 11.9. The summed E-state index contributed by atoms with van der Waals surface area (Å²) in [5.41, 5.74) is 0.323. The van der Waals surface area contributed by atoms with Crippen molar-refractivity contribution in [1.82, 2.24) is 10.3 Å². The lowest BCUT2D eigenvalue weighted by molar-refractivity contribution is -0.137. The quantitative estimate of drug-likeness (QED) is 0.847. The van der Waals surface area contributed by atoms with Crippen molar-refractivity contribution in [3.63, 3.8) is 0 Å². The van der Waals surface area contributed by atoms with E-state index in [2.05, 4.69) is 17.1 Å². The molecule has 6 heteroatoms. The Kier molecular flexibility index (Phi) is 5.22. The summed E-state index contributed by atoms with van der Waals surface area (Å²) in [5.74, 6) is 0. The number of hydrogen-bond donors (Lipinski definition) is 1. The van der Waals surface area contributed by atoms with Gasteiger partial charge < -0.3 is 5.32 Å². The molecule has 0 aromatic heterocycles. The first-order valence-corrected chi connectivity index (χ1v) is 7.10. The molecule has 3 nitrogen and oxygen atoms in total. The Bertz CT molecular complexity index is 448. The first-order valence-electron chi connectivity index (χ1n) is 7.10. The summed E-state index contributed by atoms with van der Waals surface area (Å²) in [6, 6.07) is 5.84. The molecule has 2 rings (SSSR count). The van der Waals surface area contributed by atoms with E-state index in [1.54, 1.807) is 12.1 Å². The monoisotopic (exact) mass is 299 g/mol. The Hall–Kier alpha value is -1.56. The van der Waals surface area contributed by atoms with Gasteiger partial charge in [-0.15, -0.1) is 0 Å². The standard InChI is InChI=1S/C15H20F3N3/c1-19-21-10-7-14(8-11-21)20-9-6-12-2-4-13(5-3-12)15(16,17)18/h2-5,14,20H,1,6-11H2. The summed E-state index contributed by atoms with van der Waals surface area (Å²) in [5, 5.41) is 9.30. The van der Waals surface area contributed by atoms with Crippen LogP contribution in [0.25, 0.3) is 0 Å². The second kappa shape index (κ2) is 6.93. The van der Waals surface area contributed by atoms with E-state index in [4.69, 9.17) is 0 Å². The number of halogens is 3. The van der Waals surface area contributed by atoms with Crippen molar-refractivity contribution < 1.29 is 13.2 Å². The van der Waals surface area contributed by atoms with Gasteiger partial charge in [0, 0.05) is 25.8 Å². The molecule has 1 saturated heterocycles. The fourth-order valence-electron chi connectivity index (χ4n) is 2.49. The number of benzene rings is 1. The summed E-state index contributed by atoms with van der Waals surface area (Å²) < 4.78 is 37.3. The number of hydrogen-bond acceptors (Lipinski definition) is 3. The van der Waals surface area contributed by atoms with E-state index in [0.29, 0.717) is 6.04 Å². The first-order chi connectivity index (χ1) is 9.99. The molecule has 0 bridgehead atoms. The predicted molar refractivity (Wildman–Crippen MR) is 77.3 cm³/mol. The van der Waals surface area contributed by atoms with Crippen LogP contribution in [0.4, 0.5) is 13.2 Å². The average Bonchev–Trinajstić information content (AvgIpc) is 2.47. The molecular weight excluding hydrogens is 279 g/mol. The molecule has 0 amide bonds. The maximum Gasteiger partial charge on any atom is 0.416 e. The summed E-state index contributed by atoms with van der Waals surface area (Å²) in [4.78, 5) is 0. The lowest BCUT2D eigenvalue weighted by atomic mass is 10.1. The van der Waals surface area contributed by atoms with Crippen molar-refractivity contribution >= 4 is 6.72 Å². The molecule has 0 spiro atoms. The van der Waals surface area contributed by atoms with Crippen molar-refractivity contribution in [3.8, 4) is 0 Å².